The molecule has 0 amide bonds. The van der Waals surface area contributed by atoms with Gasteiger partial charge in [0.25, 0.3) is 0 Å². The Kier molecular flexibility index (Phi) is 6.90. The van der Waals surface area contributed by atoms with E-state index < -0.39 is 0 Å². The molecule has 2 heterocycles. The molecule has 0 bridgehead atoms. The number of aliphatic imine (C=N–C) groups is 1. The van der Waals surface area contributed by atoms with Gasteiger partial charge in [-0.3, -0.25) is 9.58 Å². The SMILES string of the molecule is CCNC(=NCc1cnn(C)c1)N1CCN(C(C)c2ccc(Br)cc2)CC1. The standard InChI is InChI=1S/C20H29BrN6/c1-4-22-20(23-13-17-14-24-25(3)15-17)27-11-9-26(10-12-27)16(2)18-5-7-19(21)8-6-18/h5-8,14-16H,4,9-13H2,1-3H3,(H,22,23). The molecule has 6 nitrogen and oxygen atoms in total. The van der Waals surface area contributed by atoms with E-state index >= 15 is 0 Å². The van der Waals surface area contributed by atoms with Crippen molar-refractivity contribution in [1.82, 2.24) is 24.9 Å². The Labute approximate surface area is 170 Å². The van der Waals surface area contributed by atoms with Crippen LogP contribution in [0.1, 0.15) is 31.0 Å². The normalized spacial score (nSPS) is 17.2. The van der Waals surface area contributed by atoms with E-state index in [1.165, 1.54) is 5.56 Å². The second kappa shape index (κ2) is 9.37. The predicted octanol–water partition coefficient (Wildman–Crippen LogP) is 3.03. The topological polar surface area (TPSA) is 48.7 Å². The van der Waals surface area contributed by atoms with Crippen LogP contribution in [0.25, 0.3) is 0 Å². The highest BCUT2D eigenvalue weighted by Crippen LogP contribution is 2.23. The molecule has 1 fully saturated rings. The van der Waals surface area contributed by atoms with E-state index in [1.54, 1.807) is 0 Å². The second-order valence-electron chi connectivity index (χ2n) is 6.94. The van der Waals surface area contributed by atoms with Gasteiger partial charge in [0.15, 0.2) is 5.96 Å². The smallest absolute Gasteiger partial charge is 0.194 e. The molecular weight excluding hydrogens is 404 g/mol. The van der Waals surface area contributed by atoms with Crippen LogP contribution in [0.4, 0.5) is 0 Å². The number of aromatic nitrogens is 2. The average molecular weight is 433 g/mol. The summed E-state index contributed by atoms with van der Waals surface area (Å²) in [6.45, 7) is 9.99. The summed E-state index contributed by atoms with van der Waals surface area (Å²) in [5.41, 5.74) is 2.50. The third-order valence-corrected chi connectivity index (χ3v) is 5.55. The molecular formula is C20H29BrN6. The van der Waals surface area contributed by atoms with Crippen LogP contribution in [0.15, 0.2) is 46.1 Å². The molecule has 3 rings (SSSR count). The molecule has 7 heteroatoms. The lowest BCUT2D eigenvalue weighted by molar-refractivity contribution is 0.138. The third-order valence-electron chi connectivity index (χ3n) is 5.02. The van der Waals surface area contributed by atoms with Crippen LogP contribution in [0.2, 0.25) is 0 Å². The molecule has 27 heavy (non-hydrogen) atoms. The molecule has 1 aromatic carbocycles. The van der Waals surface area contributed by atoms with Gasteiger partial charge in [-0.1, -0.05) is 28.1 Å². The molecule has 1 atom stereocenters. The first-order valence-corrected chi connectivity index (χ1v) is 10.4. The number of piperazine rings is 1. The van der Waals surface area contributed by atoms with Crippen LogP contribution in [0.3, 0.4) is 0 Å². The van der Waals surface area contributed by atoms with E-state index in [2.05, 4.69) is 74.3 Å². The van der Waals surface area contributed by atoms with Gasteiger partial charge in [-0.05, 0) is 31.5 Å². The summed E-state index contributed by atoms with van der Waals surface area (Å²) in [6.07, 6.45) is 3.90. The van der Waals surface area contributed by atoms with Gasteiger partial charge in [0.2, 0.25) is 0 Å². The van der Waals surface area contributed by atoms with E-state index in [-0.39, 0.29) is 0 Å². The maximum atomic E-state index is 4.81. The van der Waals surface area contributed by atoms with E-state index in [0.29, 0.717) is 12.6 Å². The highest BCUT2D eigenvalue weighted by atomic mass is 79.9. The van der Waals surface area contributed by atoms with Crippen LogP contribution >= 0.6 is 15.9 Å². The van der Waals surface area contributed by atoms with Crippen molar-refractivity contribution in [3.05, 3.63) is 52.3 Å². The molecule has 0 radical (unpaired) electrons. The minimum Gasteiger partial charge on any atom is -0.357 e. The van der Waals surface area contributed by atoms with Gasteiger partial charge < -0.3 is 10.2 Å². The largest absolute Gasteiger partial charge is 0.357 e. The van der Waals surface area contributed by atoms with Crippen molar-refractivity contribution in [2.75, 3.05) is 32.7 Å². The van der Waals surface area contributed by atoms with Crippen LogP contribution in [-0.4, -0.2) is 58.3 Å². The summed E-state index contributed by atoms with van der Waals surface area (Å²) in [7, 11) is 1.93. The van der Waals surface area contributed by atoms with Gasteiger partial charge in [-0.2, -0.15) is 5.10 Å². The first-order chi connectivity index (χ1) is 13.1. The second-order valence-corrected chi connectivity index (χ2v) is 7.86. The Balaban J connectivity index is 1.59. The number of aryl methyl sites for hydroxylation is 1. The summed E-state index contributed by atoms with van der Waals surface area (Å²) in [4.78, 5) is 9.72. The Morgan fingerprint density at radius 3 is 2.52 bits per heavy atom. The maximum Gasteiger partial charge on any atom is 0.194 e. The van der Waals surface area contributed by atoms with Crippen molar-refractivity contribution in [3.8, 4) is 0 Å². The zero-order valence-electron chi connectivity index (χ0n) is 16.4. The molecule has 1 aliphatic heterocycles. The first-order valence-electron chi connectivity index (χ1n) is 9.57. The number of halogens is 1. The Bertz CT molecular complexity index is 746. The van der Waals surface area contributed by atoms with Crippen LogP contribution < -0.4 is 5.32 Å². The highest BCUT2D eigenvalue weighted by molar-refractivity contribution is 9.10. The summed E-state index contributed by atoms with van der Waals surface area (Å²) in [6, 6.07) is 9.09. The molecule has 1 saturated heterocycles. The van der Waals surface area contributed by atoms with Gasteiger partial charge in [0.1, 0.15) is 0 Å². The van der Waals surface area contributed by atoms with Crippen LogP contribution in [0.5, 0.6) is 0 Å². The molecule has 146 valence electrons. The number of benzene rings is 1. The quantitative estimate of drug-likeness (QED) is 0.582. The van der Waals surface area contributed by atoms with Crippen molar-refractivity contribution in [3.63, 3.8) is 0 Å². The Hall–Kier alpha value is -1.86. The highest BCUT2D eigenvalue weighted by Gasteiger charge is 2.23. The van der Waals surface area contributed by atoms with Gasteiger partial charge in [-0.15, -0.1) is 0 Å². The van der Waals surface area contributed by atoms with E-state index in [0.717, 1.165) is 48.7 Å². The molecule has 1 aliphatic rings. The summed E-state index contributed by atoms with van der Waals surface area (Å²) >= 11 is 3.52. The molecule has 1 unspecified atom stereocenters. The van der Waals surface area contributed by atoms with Crippen LogP contribution in [0, 0.1) is 0 Å². The fraction of sp³-hybridized carbons (Fsp3) is 0.500. The van der Waals surface area contributed by atoms with Gasteiger partial charge >= 0.3 is 0 Å². The molecule has 0 aliphatic carbocycles. The van der Waals surface area contributed by atoms with Crippen molar-refractivity contribution >= 4 is 21.9 Å². The lowest BCUT2D eigenvalue weighted by Gasteiger charge is -2.39. The monoisotopic (exact) mass is 432 g/mol. The number of nitrogens with zero attached hydrogens (tertiary/aromatic N) is 5. The van der Waals surface area contributed by atoms with Crippen molar-refractivity contribution < 1.29 is 0 Å². The zero-order valence-corrected chi connectivity index (χ0v) is 18.0. The minimum absolute atomic E-state index is 0.426. The van der Waals surface area contributed by atoms with Gasteiger partial charge in [-0.25, -0.2) is 4.99 Å². The summed E-state index contributed by atoms with van der Waals surface area (Å²) in [5, 5.41) is 7.66. The van der Waals surface area contributed by atoms with Crippen molar-refractivity contribution in [2.24, 2.45) is 12.0 Å². The van der Waals surface area contributed by atoms with Crippen molar-refractivity contribution in [1.29, 1.82) is 0 Å². The van der Waals surface area contributed by atoms with Gasteiger partial charge in [0, 0.05) is 62.0 Å². The number of nitrogens with one attached hydrogen (secondary N) is 1. The number of rotatable bonds is 5. The lowest BCUT2D eigenvalue weighted by Crippen LogP contribution is -2.52. The molecule has 1 aromatic heterocycles. The summed E-state index contributed by atoms with van der Waals surface area (Å²) in [5.74, 6) is 0.997. The predicted molar refractivity (Wildman–Crippen MR) is 114 cm³/mol. The maximum absolute atomic E-state index is 4.81. The number of guanidine groups is 1. The zero-order chi connectivity index (χ0) is 19.2. The van der Waals surface area contributed by atoms with E-state index in [9.17, 15) is 0 Å². The molecule has 1 N–H and O–H groups in total. The molecule has 0 saturated carbocycles. The first kappa shape index (κ1) is 19.9. The van der Waals surface area contributed by atoms with E-state index in [4.69, 9.17) is 4.99 Å². The fourth-order valence-corrected chi connectivity index (χ4v) is 3.68. The molecule has 0 spiro atoms. The van der Waals surface area contributed by atoms with Gasteiger partial charge in [0.05, 0.1) is 12.7 Å². The number of hydrogen-bond acceptors (Lipinski definition) is 3. The van der Waals surface area contributed by atoms with Crippen molar-refractivity contribution in [2.45, 2.75) is 26.4 Å². The van der Waals surface area contributed by atoms with E-state index in [1.807, 2.05) is 24.1 Å². The minimum atomic E-state index is 0.426. The Morgan fingerprint density at radius 2 is 1.93 bits per heavy atom. The Morgan fingerprint density at radius 1 is 1.22 bits per heavy atom. The molecule has 2 aromatic rings. The van der Waals surface area contributed by atoms with Crippen LogP contribution in [-0.2, 0) is 13.6 Å². The average Bonchev–Trinajstić information content (AvgIpc) is 3.10. The number of hydrogen-bond donors (Lipinski definition) is 1. The lowest BCUT2D eigenvalue weighted by atomic mass is 10.1. The summed E-state index contributed by atoms with van der Waals surface area (Å²) < 4.78 is 2.95. The third kappa shape index (κ3) is 5.32. The fourth-order valence-electron chi connectivity index (χ4n) is 3.42.